The van der Waals surface area contributed by atoms with Crippen LogP contribution in [0.5, 0.6) is 11.5 Å². The van der Waals surface area contributed by atoms with Crippen LogP contribution in [0.4, 0.5) is 5.82 Å². The van der Waals surface area contributed by atoms with E-state index in [1.54, 1.807) is 43.3 Å². The predicted molar refractivity (Wildman–Crippen MR) is 110 cm³/mol. The fraction of sp³-hybridized carbons (Fsp3) is 0.227. The molecule has 30 heavy (non-hydrogen) atoms. The van der Waals surface area contributed by atoms with E-state index in [0.717, 1.165) is 16.9 Å². The Kier molecular flexibility index (Phi) is 5.14. The van der Waals surface area contributed by atoms with Crippen LogP contribution in [0.25, 0.3) is 5.69 Å². The van der Waals surface area contributed by atoms with Crippen LogP contribution in [-0.4, -0.2) is 42.8 Å². The Bertz CT molecular complexity index is 1100. The molecular formula is C22H21N3O5. The van der Waals surface area contributed by atoms with E-state index in [9.17, 15) is 9.59 Å². The van der Waals surface area contributed by atoms with Crippen molar-refractivity contribution in [3.63, 3.8) is 0 Å². The number of imidazole rings is 1. The molecule has 2 aromatic carbocycles. The van der Waals surface area contributed by atoms with Crippen molar-refractivity contribution in [2.24, 2.45) is 0 Å². The third-order valence-electron chi connectivity index (χ3n) is 5.15. The number of fused-ring (bicyclic) bond motifs is 1. The van der Waals surface area contributed by atoms with Crippen molar-refractivity contribution in [1.29, 1.82) is 0 Å². The topological polar surface area (TPSA) is 91.7 Å². The van der Waals surface area contributed by atoms with Crippen LogP contribution in [0.3, 0.4) is 0 Å². The van der Waals surface area contributed by atoms with Gasteiger partial charge in [-0.25, -0.2) is 9.78 Å². The van der Waals surface area contributed by atoms with Crippen LogP contribution in [0.2, 0.25) is 0 Å². The Hall–Kier alpha value is -3.81. The van der Waals surface area contributed by atoms with Crippen molar-refractivity contribution < 1.29 is 23.8 Å². The van der Waals surface area contributed by atoms with Gasteiger partial charge in [0.15, 0.2) is 0 Å². The monoisotopic (exact) mass is 407 g/mol. The molecule has 1 amide bonds. The Morgan fingerprint density at radius 3 is 2.53 bits per heavy atom. The number of hydrogen-bond acceptors (Lipinski definition) is 6. The van der Waals surface area contributed by atoms with Gasteiger partial charge >= 0.3 is 5.97 Å². The van der Waals surface area contributed by atoms with Gasteiger partial charge in [0.25, 0.3) is 0 Å². The summed E-state index contributed by atoms with van der Waals surface area (Å²) in [6.45, 7) is 0. The minimum Gasteiger partial charge on any atom is -0.497 e. The van der Waals surface area contributed by atoms with Crippen LogP contribution in [0.1, 0.15) is 34.0 Å². The molecule has 4 rings (SSSR count). The predicted octanol–water partition coefficient (Wildman–Crippen LogP) is 3.15. The number of carbonyl (C=O) groups excluding carboxylic acids is 2. The summed E-state index contributed by atoms with van der Waals surface area (Å²) in [6, 6.07) is 12.5. The van der Waals surface area contributed by atoms with Gasteiger partial charge in [0, 0.05) is 18.4 Å². The van der Waals surface area contributed by atoms with E-state index in [2.05, 4.69) is 10.3 Å². The second-order valence-corrected chi connectivity index (χ2v) is 6.80. The number of esters is 1. The second kappa shape index (κ2) is 7.90. The minimum atomic E-state index is -0.403. The molecule has 1 atom stereocenters. The molecule has 1 N–H and O–H groups in total. The third kappa shape index (κ3) is 3.36. The molecule has 0 spiro atoms. The fourth-order valence-corrected chi connectivity index (χ4v) is 3.62. The van der Waals surface area contributed by atoms with Gasteiger partial charge in [0.05, 0.1) is 38.3 Å². The standard InChI is InChI=1S/C22H21N3O5/c1-28-15-8-9-17(18(10-15)29-2)25-12-23-20-16(11-19(26)24-21(20)25)13-4-6-14(7-5-13)22(27)30-3/h4-10,12,16H,11H2,1-3H3,(H,24,26)/t16-/m0/s1. The largest absolute Gasteiger partial charge is 0.497 e. The smallest absolute Gasteiger partial charge is 0.337 e. The lowest BCUT2D eigenvalue weighted by Crippen LogP contribution is -2.25. The van der Waals surface area contributed by atoms with Gasteiger partial charge < -0.3 is 19.5 Å². The molecule has 1 aromatic heterocycles. The summed E-state index contributed by atoms with van der Waals surface area (Å²) in [5.41, 5.74) is 2.83. The number of nitrogens with zero attached hydrogens (tertiary/aromatic N) is 2. The molecule has 2 heterocycles. The molecule has 0 saturated heterocycles. The minimum absolute atomic E-state index is 0.112. The lowest BCUT2D eigenvalue weighted by atomic mass is 9.89. The molecule has 8 nitrogen and oxygen atoms in total. The van der Waals surface area contributed by atoms with Gasteiger partial charge in [-0.15, -0.1) is 0 Å². The molecular weight excluding hydrogens is 386 g/mol. The summed E-state index contributed by atoms with van der Waals surface area (Å²) >= 11 is 0. The lowest BCUT2D eigenvalue weighted by Gasteiger charge is -2.24. The van der Waals surface area contributed by atoms with E-state index < -0.39 is 5.97 Å². The first kappa shape index (κ1) is 19.5. The van der Waals surface area contributed by atoms with Crippen LogP contribution in [-0.2, 0) is 9.53 Å². The van der Waals surface area contributed by atoms with Crippen molar-refractivity contribution >= 4 is 17.7 Å². The van der Waals surface area contributed by atoms with E-state index in [1.165, 1.54) is 7.11 Å². The SMILES string of the molecule is COC(=O)c1ccc([C@@H]2CC(=O)Nc3c2ncn3-c2ccc(OC)cc2OC)cc1. The zero-order valence-corrected chi connectivity index (χ0v) is 16.8. The maximum Gasteiger partial charge on any atom is 0.337 e. The highest BCUT2D eigenvalue weighted by atomic mass is 16.5. The van der Waals surface area contributed by atoms with E-state index >= 15 is 0 Å². The van der Waals surface area contributed by atoms with Gasteiger partial charge in [0.1, 0.15) is 23.6 Å². The highest BCUT2D eigenvalue weighted by Gasteiger charge is 2.31. The number of amides is 1. The summed E-state index contributed by atoms with van der Waals surface area (Å²) in [5, 5.41) is 2.93. The molecule has 0 radical (unpaired) electrons. The zero-order valence-electron chi connectivity index (χ0n) is 16.8. The second-order valence-electron chi connectivity index (χ2n) is 6.80. The summed E-state index contributed by atoms with van der Waals surface area (Å²) in [5.74, 6) is 1.10. The summed E-state index contributed by atoms with van der Waals surface area (Å²) in [4.78, 5) is 28.8. The average molecular weight is 407 g/mol. The quantitative estimate of drug-likeness (QED) is 0.654. The number of hydrogen-bond donors (Lipinski definition) is 1. The van der Waals surface area contributed by atoms with Gasteiger partial charge in [-0.3, -0.25) is 9.36 Å². The first-order valence-corrected chi connectivity index (χ1v) is 9.33. The maximum absolute atomic E-state index is 12.5. The fourth-order valence-electron chi connectivity index (χ4n) is 3.62. The normalized spacial score (nSPS) is 15.2. The zero-order chi connectivity index (χ0) is 21.3. The number of rotatable bonds is 5. The number of anilines is 1. The summed E-state index contributed by atoms with van der Waals surface area (Å²) in [7, 11) is 4.50. The highest BCUT2D eigenvalue weighted by Crippen LogP contribution is 2.39. The molecule has 3 aromatic rings. The number of carbonyl (C=O) groups is 2. The first-order chi connectivity index (χ1) is 14.5. The molecule has 0 fully saturated rings. The molecule has 154 valence electrons. The highest BCUT2D eigenvalue weighted by molar-refractivity contribution is 5.94. The van der Waals surface area contributed by atoms with Gasteiger partial charge in [-0.2, -0.15) is 0 Å². The number of aromatic nitrogens is 2. The molecule has 8 heteroatoms. The molecule has 0 bridgehead atoms. The van der Waals surface area contributed by atoms with Crippen molar-refractivity contribution in [2.75, 3.05) is 26.6 Å². The molecule has 1 aliphatic heterocycles. The van der Waals surface area contributed by atoms with E-state index in [0.29, 0.717) is 22.9 Å². The maximum atomic E-state index is 12.5. The molecule has 1 aliphatic rings. The van der Waals surface area contributed by atoms with E-state index in [1.807, 2.05) is 24.3 Å². The Labute approximate surface area is 173 Å². The van der Waals surface area contributed by atoms with Crippen molar-refractivity contribution in [2.45, 2.75) is 12.3 Å². The average Bonchev–Trinajstić information content (AvgIpc) is 3.21. The molecule has 0 saturated carbocycles. The van der Waals surface area contributed by atoms with Gasteiger partial charge in [-0.1, -0.05) is 12.1 Å². The van der Waals surface area contributed by atoms with Crippen LogP contribution in [0.15, 0.2) is 48.8 Å². The Balaban J connectivity index is 1.75. The van der Waals surface area contributed by atoms with Crippen molar-refractivity contribution in [3.05, 3.63) is 65.6 Å². The number of ether oxygens (including phenoxy) is 3. The van der Waals surface area contributed by atoms with E-state index in [-0.39, 0.29) is 18.2 Å². The first-order valence-electron chi connectivity index (χ1n) is 9.33. The summed E-state index contributed by atoms with van der Waals surface area (Å²) in [6.07, 6.45) is 1.93. The Morgan fingerprint density at radius 1 is 1.10 bits per heavy atom. The number of methoxy groups -OCH3 is 3. The number of benzene rings is 2. The van der Waals surface area contributed by atoms with Crippen molar-refractivity contribution in [1.82, 2.24) is 9.55 Å². The van der Waals surface area contributed by atoms with E-state index in [4.69, 9.17) is 14.2 Å². The summed E-state index contributed by atoms with van der Waals surface area (Å²) < 4.78 is 17.3. The van der Waals surface area contributed by atoms with Crippen molar-refractivity contribution in [3.8, 4) is 17.2 Å². The van der Waals surface area contributed by atoms with Gasteiger partial charge in [0.2, 0.25) is 5.91 Å². The Morgan fingerprint density at radius 2 is 1.87 bits per heavy atom. The third-order valence-corrected chi connectivity index (χ3v) is 5.15. The molecule has 0 aliphatic carbocycles. The van der Waals surface area contributed by atoms with Crippen LogP contribution < -0.4 is 14.8 Å². The van der Waals surface area contributed by atoms with Crippen LogP contribution in [0, 0.1) is 0 Å². The molecule has 0 unspecified atom stereocenters. The van der Waals surface area contributed by atoms with Gasteiger partial charge in [-0.05, 0) is 29.8 Å². The lowest BCUT2D eigenvalue weighted by molar-refractivity contribution is -0.116. The number of nitrogens with one attached hydrogen (secondary N) is 1. The van der Waals surface area contributed by atoms with Crippen LogP contribution >= 0.6 is 0 Å².